The van der Waals surface area contributed by atoms with Crippen LogP contribution in [0.2, 0.25) is 0 Å². The molecule has 0 fully saturated rings. The number of carbonyl (C=O) groups excluding carboxylic acids is 1. The van der Waals surface area contributed by atoms with Crippen molar-refractivity contribution in [1.29, 1.82) is 0 Å². The van der Waals surface area contributed by atoms with Crippen LogP contribution in [0.15, 0.2) is 18.2 Å². The van der Waals surface area contributed by atoms with Crippen molar-refractivity contribution in [2.75, 3.05) is 6.54 Å². The SMILES string of the molecule is CCN(C(C)=O)C(C(=O)O)c1cccc(C)c1C. The summed E-state index contributed by atoms with van der Waals surface area (Å²) in [6.45, 7) is 7.36. The molecule has 0 saturated heterocycles. The van der Waals surface area contributed by atoms with Crippen LogP contribution in [0.25, 0.3) is 0 Å². The molecule has 0 radical (unpaired) electrons. The Bertz CT molecular complexity index is 468. The van der Waals surface area contributed by atoms with Gasteiger partial charge in [-0.25, -0.2) is 4.79 Å². The van der Waals surface area contributed by atoms with Crippen molar-refractivity contribution in [2.45, 2.75) is 33.7 Å². The first-order valence-electron chi connectivity index (χ1n) is 5.96. The van der Waals surface area contributed by atoms with Gasteiger partial charge in [0.2, 0.25) is 5.91 Å². The number of rotatable bonds is 4. The molecule has 4 heteroatoms. The minimum Gasteiger partial charge on any atom is -0.479 e. The van der Waals surface area contributed by atoms with Crippen molar-refractivity contribution in [3.8, 4) is 0 Å². The van der Waals surface area contributed by atoms with Crippen LogP contribution in [0, 0.1) is 13.8 Å². The number of likely N-dealkylation sites (N-methyl/N-ethyl adjacent to an activating group) is 1. The number of hydrogen-bond donors (Lipinski definition) is 1. The summed E-state index contributed by atoms with van der Waals surface area (Å²) >= 11 is 0. The van der Waals surface area contributed by atoms with Gasteiger partial charge in [-0.3, -0.25) is 4.79 Å². The number of aryl methyl sites for hydroxylation is 1. The predicted molar refractivity (Wildman–Crippen MR) is 69.4 cm³/mol. The lowest BCUT2D eigenvalue weighted by Crippen LogP contribution is -2.37. The first-order valence-corrected chi connectivity index (χ1v) is 5.96. The van der Waals surface area contributed by atoms with Gasteiger partial charge in [-0.05, 0) is 37.5 Å². The number of carbonyl (C=O) groups is 2. The molecule has 18 heavy (non-hydrogen) atoms. The van der Waals surface area contributed by atoms with E-state index in [4.69, 9.17) is 0 Å². The van der Waals surface area contributed by atoms with Gasteiger partial charge < -0.3 is 10.0 Å². The lowest BCUT2D eigenvalue weighted by atomic mass is 9.96. The average Bonchev–Trinajstić information content (AvgIpc) is 2.29. The smallest absolute Gasteiger partial charge is 0.331 e. The highest BCUT2D eigenvalue weighted by Gasteiger charge is 2.29. The summed E-state index contributed by atoms with van der Waals surface area (Å²) in [7, 11) is 0. The van der Waals surface area contributed by atoms with Crippen LogP contribution >= 0.6 is 0 Å². The fraction of sp³-hybridized carbons (Fsp3) is 0.429. The summed E-state index contributed by atoms with van der Waals surface area (Å²) in [6, 6.07) is 4.61. The highest BCUT2D eigenvalue weighted by Crippen LogP contribution is 2.26. The third kappa shape index (κ3) is 2.70. The first-order chi connectivity index (χ1) is 8.40. The summed E-state index contributed by atoms with van der Waals surface area (Å²) in [5.41, 5.74) is 2.63. The molecule has 1 aromatic rings. The monoisotopic (exact) mass is 249 g/mol. The molecule has 1 aromatic carbocycles. The molecule has 1 rings (SSSR count). The standard InChI is InChI=1S/C14H19NO3/c1-5-15(11(4)16)13(14(17)18)12-8-6-7-9(2)10(12)3/h6-8,13H,5H2,1-4H3,(H,17,18). The lowest BCUT2D eigenvalue weighted by molar-refractivity contribution is -0.149. The highest BCUT2D eigenvalue weighted by molar-refractivity contribution is 5.83. The molecule has 0 aliphatic heterocycles. The molecule has 98 valence electrons. The number of carboxylic acid groups (broad SMARTS) is 1. The Morgan fingerprint density at radius 1 is 1.33 bits per heavy atom. The minimum atomic E-state index is -0.999. The summed E-state index contributed by atoms with van der Waals surface area (Å²) in [4.78, 5) is 24.4. The molecular formula is C14H19NO3. The molecule has 1 unspecified atom stereocenters. The van der Waals surface area contributed by atoms with E-state index in [0.717, 1.165) is 11.1 Å². The quantitative estimate of drug-likeness (QED) is 0.890. The first kappa shape index (κ1) is 14.2. The zero-order valence-electron chi connectivity index (χ0n) is 11.2. The van der Waals surface area contributed by atoms with Crippen LogP contribution < -0.4 is 0 Å². The topological polar surface area (TPSA) is 57.6 Å². The van der Waals surface area contributed by atoms with Crippen molar-refractivity contribution in [1.82, 2.24) is 4.90 Å². The van der Waals surface area contributed by atoms with Gasteiger partial charge in [-0.15, -0.1) is 0 Å². The Labute approximate surface area is 107 Å². The maximum absolute atomic E-state index is 11.6. The van der Waals surface area contributed by atoms with E-state index in [2.05, 4.69) is 0 Å². The fourth-order valence-electron chi connectivity index (χ4n) is 2.09. The molecule has 0 saturated carbocycles. The molecule has 1 N–H and O–H groups in total. The van der Waals surface area contributed by atoms with E-state index in [-0.39, 0.29) is 5.91 Å². The van der Waals surface area contributed by atoms with Crippen LogP contribution in [0.4, 0.5) is 0 Å². The van der Waals surface area contributed by atoms with E-state index in [1.54, 1.807) is 13.0 Å². The Morgan fingerprint density at radius 2 is 1.94 bits per heavy atom. The molecule has 4 nitrogen and oxygen atoms in total. The number of benzene rings is 1. The summed E-state index contributed by atoms with van der Waals surface area (Å²) in [5, 5.41) is 9.40. The predicted octanol–water partition coefficient (Wildman–Crippen LogP) is 2.30. The molecule has 0 bridgehead atoms. The van der Waals surface area contributed by atoms with Crippen molar-refractivity contribution in [3.63, 3.8) is 0 Å². The zero-order chi connectivity index (χ0) is 13.9. The summed E-state index contributed by atoms with van der Waals surface area (Å²) in [5.74, 6) is -1.23. The van der Waals surface area contributed by atoms with Gasteiger partial charge in [0.05, 0.1) is 0 Å². The number of amides is 1. The van der Waals surface area contributed by atoms with Gasteiger partial charge in [0, 0.05) is 13.5 Å². The lowest BCUT2D eigenvalue weighted by Gasteiger charge is -2.28. The molecule has 0 heterocycles. The van der Waals surface area contributed by atoms with Gasteiger partial charge in [0.1, 0.15) is 0 Å². The Balaban J connectivity index is 3.32. The number of aliphatic carboxylic acids is 1. The third-order valence-corrected chi connectivity index (χ3v) is 3.23. The molecule has 0 aliphatic rings. The third-order valence-electron chi connectivity index (χ3n) is 3.23. The molecule has 1 amide bonds. The van der Waals surface area contributed by atoms with Gasteiger partial charge in [0.15, 0.2) is 6.04 Å². The van der Waals surface area contributed by atoms with Crippen molar-refractivity contribution >= 4 is 11.9 Å². The normalized spacial score (nSPS) is 12.0. The highest BCUT2D eigenvalue weighted by atomic mass is 16.4. The van der Waals surface area contributed by atoms with E-state index in [0.29, 0.717) is 12.1 Å². The van der Waals surface area contributed by atoms with E-state index >= 15 is 0 Å². The fourth-order valence-corrected chi connectivity index (χ4v) is 2.09. The van der Waals surface area contributed by atoms with Gasteiger partial charge in [0.25, 0.3) is 0 Å². The van der Waals surface area contributed by atoms with Crippen LogP contribution in [0.5, 0.6) is 0 Å². The van der Waals surface area contributed by atoms with Gasteiger partial charge >= 0.3 is 5.97 Å². The number of carboxylic acids is 1. The number of hydrogen-bond acceptors (Lipinski definition) is 2. The van der Waals surface area contributed by atoms with E-state index in [1.165, 1.54) is 11.8 Å². The Kier molecular flexibility index (Phi) is 4.48. The summed E-state index contributed by atoms with van der Waals surface area (Å²) in [6.07, 6.45) is 0. The molecule has 0 aromatic heterocycles. The maximum Gasteiger partial charge on any atom is 0.331 e. The van der Waals surface area contributed by atoms with Crippen molar-refractivity contribution in [3.05, 3.63) is 34.9 Å². The Morgan fingerprint density at radius 3 is 2.39 bits per heavy atom. The molecule has 0 spiro atoms. The largest absolute Gasteiger partial charge is 0.479 e. The number of nitrogens with zero attached hydrogens (tertiary/aromatic N) is 1. The van der Waals surface area contributed by atoms with Crippen LogP contribution in [-0.4, -0.2) is 28.4 Å². The van der Waals surface area contributed by atoms with E-state index < -0.39 is 12.0 Å². The summed E-state index contributed by atoms with van der Waals surface area (Å²) < 4.78 is 0. The Hall–Kier alpha value is -1.84. The van der Waals surface area contributed by atoms with Crippen LogP contribution in [0.3, 0.4) is 0 Å². The minimum absolute atomic E-state index is 0.231. The molecular weight excluding hydrogens is 230 g/mol. The second kappa shape index (κ2) is 5.67. The molecule has 0 aliphatic carbocycles. The van der Waals surface area contributed by atoms with Crippen LogP contribution in [0.1, 0.15) is 36.6 Å². The van der Waals surface area contributed by atoms with Crippen LogP contribution in [-0.2, 0) is 9.59 Å². The second-order valence-electron chi connectivity index (χ2n) is 4.33. The molecule has 1 atom stereocenters. The second-order valence-corrected chi connectivity index (χ2v) is 4.33. The van der Waals surface area contributed by atoms with Crippen molar-refractivity contribution < 1.29 is 14.7 Å². The van der Waals surface area contributed by atoms with Gasteiger partial charge in [-0.1, -0.05) is 18.2 Å². The van der Waals surface area contributed by atoms with Crippen molar-refractivity contribution in [2.24, 2.45) is 0 Å². The van der Waals surface area contributed by atoms with Gasteiger partial charge in [-0.2, -0.15) is 0 Å². The maximum atomic E-state index is 11.6. The van der Waals surface area contributed by atoms with E-state index in [1.807, 2.05) is 26.0 Å². The zero-order valence-corrected chi connectivity index (χ0v) is 11.2. The average molecular weight is 249 g/mol. The van der Waals surface area contributed by atoms with E-state index in [9.17, 15) is 14.7 Å².